The van der Waals surface area contributed by atoms with E-state index in [1.807, 2.05) is 24.3 Å². The summed E-state index contributed by atoms with van der Waals surface area (Å²) in [6.07, 6.45) is 3.80. The third kappa shape index (κ3) is 3.76. The number of carbonyl (C=O) groups is 1. The highest BCUT2D eigenvalue weighted by atomic mass is 16.5. The summed E-state index contributed by atoms with van der Waals surface area (Å²) in [6, 6.07) is 7.66. The SMILES string of the molecule is CCCOc1ccccc1NC(=O)C1(CC)CCCNC1. The Morgan fingerprint density at radius 1 is 1.38 bits per heavy atom. The molecule has 2 N–H and O–H groups in total. The molecule has 4 heteroatoms. The first kappa shape index (κ1) is 15.8. The number of nitrogens with one attached hydrogen (secondary N) is 2. The first-order valence-corrected chi connectivity index (χ1v) is 7.96. The van der Waals surface area contributed by atoms with E-state index in [0.717, 1.165) is 50.2 Å². The van der Waals surface area contributed by atoms with Gasteiger partial charge < -0.3 is 15.4 Å². The summed E-state index contributed by atoms with van der Waals surface area (Å²) < 4.78 is 5.71. The number of hydrogen-bond acceptors (Lipinski definition) is 3. The lowest BCUT2D eigenvalue weighted by Crippen LogP contribution is -2.47. The van der Waals surface area contributed by atoms with Crippen LogP contribution < -0.4 is 15.4 Å². The Hall–Kier alpha value is -1.55. The van der Waals surface area contributed by atoms with Gasteiger partial charge in [-0.15, -0.1) is 0 Å². The fourth-order valence-electron chi connectivity index (χ4n) is 2.79. The molecule has 1 aliphatic rings. The van der Waals surface area contributed by atoms with Crippen LogP contribution in [-0.2, 0) is 4.79 Å². The largest absolute Gasteiger partial charge is 0.491 e. The monoisotopic (exact) mass is 290 g/mol. The maximum atomic E-state index is 12.7. The zero-order chi connectivity index (χ0) is 15.1. The Morgan fingerprint density at radius 3 is 2.86 bits per heavy atom. The van der Waals surface area contributed by atoms with E-state index >= 15 is 0 Å². The minimum Gasteiger partial charge on any atom is -0.491 e. The van der Waals surface area contributed by atoms with Crippen molar-refractivity contribution >= 4 is 11.6 Å². The van der Waals surface area contributed by atoms with Crippen molar-refractivity contribution in [1.82, 2.24) is 5.32 Å². The molecular weight excluding hydrogens is 264 g/mol. The molecular formula is C17H26N2O2. The molecule has 21 heavy (non-hydrogen) atoms. The molecule has 4 nitrogen and oxygen atoms in total. The number of rotatable bonds is 6. The predicted molar refractivity (Wildman–Crippen MR) is 85.7 cm³/mol. The lowest BCUT2D eigenvalue weighted by molar-refractivity contribution is -0.126. The number of para-hydroxylation sites is 2. The number of ether oxygens (including phenoxy) is 1. The average molecular weight is 290 g/mol. The Balaban J connectivity index is 2.11. The quantitative estimate of drug-likeness (QED) is 0.846. The van der Waals surface area contributed by atoms with Crippen LogP contribution in [0.25, 0.3) is 0 Å². The molecule has 1 aliphatic heterocycles. The molecule has 1 aromatic carbocycles. The standard InChI is InChI=1S/C17H26N2O2/c1-3-12-21-15-9-6-5-8-14(15)19-16(20)17(4-2)10-7-11-18-13-17/h5-6,8-9,18H,3-4,7,10-13H2,1-2H3,(H,19,20). The second kappa shape index (κ2) is 7.46. The van der Waals surface area contributed by atoms with Crippen molar-refractivity contribution < 1.29 is 9.53 Å². The van der Waals surface area contributed by atoms with Gasteiger partial charge in [0.2, 0.25) is 5.91 Å². The summed E-state index contributed by atoms with van der Waals surface area (Å²) in [7, 11) is 0. The van der Waals surface area contributed by atoms with E-state index in [2.05, 4.69) is 24.5 Å². The minimum absolute atomic E-state index is 0.102. The smallest absolute Gasteiger partial charge is 0.231 e. The van der Waals surface area contributed by atoms with Crippen molar-refractivity contribution in [3.8, 4) is 5.75 Å². The Kier molecular flexibility index (Phi) is 5.62. The van der Waals surface area contributed by atoms with Crippen LogP contribution in [0.4, 0.5) is 5.69 Å². The molecule has 0 aromatic heterocycles. The number of anilines is 1. The highest BCUT2D eigenvalue weighted by Crippen LogP contribution is 2.33. The van der Waals surface area contributed by atoms with E-state index in [0.29, 0.717) is 6.61 Å². The summed E-state index contributed by atoms with van der Waals surface area (Å²) in [5.41, 5.74) is 0.477. The minimum atomic E-state index is -0.296. The van der Waals surface area contributed by atoms with Gasteiger partial charge in [0, 0.05) is 6.54 Å². The summed E-state index contributed by atoms with van der Waals surface area (Å²) in [5.74, 6) is 0.854. The van der Waals surface area contributed by atoms with E-state index in [1.165, 1.54) is 0 Å². The molecule has 0 saturated carbocycles. The molecule has 1 amide bonds. The number of piperidine rings is 1. The van der Waals surface area contributed by atoms with Gasteiger partial charge in [-0.05, 0) is 44.4 Å². The molecule has 0 bridgehead atoms. The molecule has 0 radical (unpaired) electrons. The van der Waals surface area contributed by atoms with Gasteiger partial charge in [-0.25, -0.2) is 0 Å². The summed E-state index contributed by atoms with van der Waals surface area (Å²) in [5, 5.41) is 6.43. The van der Waals surface area contributed by atoms with E-state index < -0.39 is 0 Å². The van der Waals surface area contributed by atoms with Gasteiger partial charge in [0.25, 0.3) is 0 Å². The van der Waals surface area contributed by atoms with Gasteiger partial charge in [-0.1, -0.05) is 26.0 Å². The van der Waals surface area contributed by atoms with Crippen molar-refractivity contribution in [3.05, 3.63) is 24.3 Å². The van der Waals surface area contributed by atoms with E-state index in [4.69, 9.17) is 4.74 Å². The summed E-state index contributed by atoms with van der Waals surface area (Å²) in [6.45, 7) is 6.58. The normalized spacial score (nSPS) is 21.8. The first-order chi connectivity index (χ1) is 10.2. The molecule has 116 valence electrons. The van der Waals surface area contributed by atoms with E-state index in [1.54, 1.807) is 0 Å². The first-order valence-electron chi connectivity index (χ1n) is 7.96. The van der Waals surface area contributed by atoms with Crippen molar-refractivity contribution in [1.29, 1.82) is 0 Å². The van der Waals surface area contributed by atoms with Gasteiger partial charge in [-0.3, -0.25) is 4.79 Å². The maximum absolute atomic E-state index is 12.7. The molecule has 1 fully saturated rings. The number of carbonyl (C=O) groups excluding carboxylic acids is 1. The molecule has 2 rings (SSSR count). The van der Waals surface area contributed by atoms with Crippen molar-refractivity contribution in [2.24, 2.45) is 5.41 Å². The summed E-state index contributed by atoms with van der Waals surface area (Å²) in [4.78, 5) is 12.7. The third-order valence-corrected chi connectivity index (χ3v) is 4.23. The van der Waals surface area contributed by atoms with Crippen LogP contribution >= 0.6 is 0 Å². The van der Waals surface area contributed by atoms with Crippen LogP contribution in [0.1, 0.15) is 39.5 Å². The van der Waals surface area contributed by atoms with Gasteiger partial charge >= 0.3 is 0 Å². The Labute approximate surface area is 127 Å². The third-order valence-electron chi connectivity index (χ3n) is 4.23. The number of hydrogen-bond donors (Lipinski definition) is 2. The lowest BCUT2D eigenvalue weighted by atomic mass is 9.77. The van der Waals surface area contributed by atoms with Gasteiger partial charge in [0.1, 0.15) is 5.75 Å². The topological polar surface area (TPSA) is 50.4 Å². The van der Waals surface area contributed by atoms with Crippen LogP contribution in [0.15, 0.2) is 24.3 Å². The Bertz CT molecular complexity index is 468. The summed E-state index contributed by atoms with van der Waals surface area (Å²) >= 11 is 0. The van der Waals surface area contributed by atoms with Crippen molar-refractivity contribution in [2.75, 3.05) is 25.0 Å². The molecule has 0 aliphatic carbocycles. The molecule has 1 saturated heterocycles. The fourth-order valence-corrected chi connectivity index (χ4v) is 2.79. The highest BCUT2D eigenvalue weighted by molar-refractivity contribution is 5.96. The van der Waals surface area contributed by atoms with Gasteiger partial charge in [-0.2, -0.15) is 0 Å². The Morgan fingerprint density at radius 2 is 2.19 bits per heavy atom. The molecule has 0 spiro atoms. The molecule has 1 aromatic rings. The molecule has 1 heterocycles. The van der Waals surface area contributed by atoms with Gasteiger partial charge in [0.05, 0.1) is 17.7 Å². The van der Waals surface area contributed by atoms with Crippen LogP contribution in [0.2, 0.25) is 0 Å². The number of amides is 1. The van der Waals surface area contributed by atoms with E-state index in [-0.39, 0.29) is 11.3 Å². The second-order valence-corrected chi connectivity index (χ2v) is 5.71. The number of benzene rings is 1. The highest BCUT2D eigenvalue weighted by Gasteiger charge is 2.38. The zero-order valence-corrected chi connectivity index (χ0v) is 13.1. The maximum Gasteiger partial charge on any atom is 0.231 e. The predicted octanol–water partition coefficient (Wildman–Crippen LogP) is 3.19. The molecule has 1 unspecified atom stereocenters. The van der Waals surface area contributed by atoms with Gasteiger partial charge in [0.15, 0.2) is 0 Å². The van der Waals surface area contributed by atoms with Crippen LogP contribution in [-0.4, -0.2) is 25.6 Å². The van der Waals surface area contributed by atoms with Crippen molar-refractivity contribution in [2.45, 2.75) is 39.5 Å². The zero-order valence-electron chi connectivity index (χ0n) is 13.1. The second-order valence-electron chi connectivity index (χ2n) is 5.71. The average Bonchev–Trinajstić information content (AvgIpc) is 2.54. The fraction of sp³-hybridized carbons (Fsp3) is 0.588. The molecule has 1 atom stereocenters. The van der Waals surface area contributed by atoms with Crippen molar-refractivity contribution in [3.63, 3.8) is 0 Å². The van der Waals surface area contributed by atoms with Crippen LogP contribution in [0.5, 0.6) is 5.75 Å². The van der Waals surface area contributed by atoms with E-state index in [9.17, 15) is 4.79 Å². The van der Waals surface area contributed by atoms with Crippen LogP contribution in [0.3, 0.4) is 0 Å². The van der Waals surface area contributed by atoms with Crippen LogP contribution in [0, 0.1) is 5.41 Å². The lowest BCUT2D eigenvalue weighted by Gasteiger charge is -2.35.